The minimum absolute atomic E-state index is 0.0527. The topological polar surface area (TPSA) is 30.5 Å². The first-order valence-corrected chi connectivity index (χ1v) is 6.54. The van der Waals surface area contributed by atoms with Crippen LogP contribution in [0, 0.1) is 0 Å². The van der Waals surface area contributed by atoms with Crippen molar-refractivity contribution in [3.05, 3.63) is 29.8 Å². The molecule has 1 N–H and O–H groups in total. The van der Waals surface area contributed by atoms with Gasteiger partial charge in [-0.2, -0.15) is 13.2 Å². The second kappa shape index (κ2) is 6.01. The lowest BCUT2D eigenvalue weighted by molar-refractivity contribution is -0.137. The van der Waals surface area contributed by atoms with Crippen LogP contribution in [0.5, 0.6) is 0 Å². The Balaban J connectivity index is 1.94. The lowest BCUT2D eigenvalue weighted by Gasteiger charge is -2.43. The predicted octanol–water partition coefficient (Wildman–Crippen LogP) is 3.31. The molecule has 3 atom stereocenters. The van der Waals surface area contributed by atoms with Crippen molar-refractivity contribution in [1.82, 2.24) is 0 Å². The summed E-state index contributed by atoms with van der Waals surface area (Å²) in [4.78, 5) is 0. The summed E-state index contributed by atoms with van der Waals surface area (Å²) >= 11 is 0. The van der Waals surface area contributed by atoms with Gasteiger partial charge in [-0.25, -0.2) is 0 Å². The molecule has 1 fully saturated rings. The molecular formula is C14H18F3NO2. The van der Waals surface area contributed by atoms with E-state index < -0.39 is 11.7 Å². The molecular weight excluding hydrogens is 271 g/mol. The molecule has 1 aromatic rings. The van der Waals surface area contributed by atoms with Gasteiger partial charge in [0, 0.05) is 19.4 Å². The smallest absolute Gasteiger partial charge is 0.379 e. The molecule has 3 nitrogen and oxygen atoms in total. The van der Waals surface area contributed by atoms with Gasteiger partial charge in [0.2, 0.25) is 0 Å². The summed E-state index contributed by atoms with van der Waals surface area (Å²) < 4.78 is 48.2. The van der Waals surface area contributed by atoms with Crippen LogP contribution in [0.25, 0.3) is 0 Å². The Bertz CT molecular complexity index is 433. The zero-order valence-corrected chi connectivity index (χ0v) is 11.4. The quantitative estimate of drug-likeness (QED) is 0.902. The molecule has 0 radical (unpaired) electrons. The average molecular weight is 289 g/mol. The number of benzene rings is 1. The standard InChI is InChI=1S/C14H18F3NO2/c1-3-20-12-8-11(13(12)19-2)18-10-6-4-9(5-7-10)14(15,16)17/h4-7,11-13,18H,3,8H2,1-2H3. The van der Waals surface area contributed by atoms with Crippen molar-refractivity contribution < 1.29 is 22.6 Å². The SMILES string of the molecule is CCOC1CC(Nc2ccc(C(F)(F)F)cc2)C1OC. The van der Waals surface area contributed by atoms with Gasteiger partial charge >= 0.3 is 6.18 Å². The zero-order chi connectivity index (χ0) is 14.8. The van der Waals surface area contributed by atoms with Gasteiger partial charge < -0.3 is 14.8 Å². The Morgan fingerprint density at radius 1 is 1.25 bits per heavy atom. The van der Waals surface area contributed by atoms with Crippen molar-refractivity contribution >= 4 is 5.69 Å². The van der Waals surface area contributed by atoms with Crippen molar-refractivity contribution in [2.24, 2.45) is 0 Å². The van der Waals surface area contributed by atoms with Gasteiger partial charge in [-0.05, 0) is 37.6 Å². The van der Waals surface area contributed by atoms with E-state index in [1.165, 1.54) is 12.1 Å². The molecule has 0 heterocycles. The molecule has 0 amide bonds. The van der Waals surface area contributed by atoms with Gasteiger partial charge in [-0.1, -0.05) is 0 Å². The van der Waals surface area contributed by atoms with E-state index in [1.54, 1.807) is 7.11 Å². The molecule has 1 aromatic carbocycles. The van der Waals surface area contributed by atoms with E-state index in [0.29, 0.717) is 12.3 Å². The van der Waals surface area contributed by atoms with Crippen LogP contribution in [0.2, 0.25) is 0 Å². The average Bonchev–Trinajstić information content (AvgIpc) is 2.37. The highest BCUT2D eigenvalue weighted by Crippen LogP contribution is 2.32. The van der Waals surface area contributed by atoms with E-state index >= 15 is 0 Å². The third-order valence-electron chi connectivity index (χ3n) is 3.47. The van der Waals surface area contributed by atoms with Gasteiger partial charge in [0.05, 0.1) is 17.7 Å². The molecule has 1 aliphatic carbocycles. The third-order valence-corrected chi connectivity index (χ3v) is 3.47. The summed E-state index contributed by atoms with van der Waals surface area (Å²) in [5.74, 6) is 0. The molecule has 2 rings (SSSR count). The molecule has 0 aromatic heterocycles. The summed E-state index contributed by atoms with van der Waals surface area (Å²) in [6.45, 7) is 2.54. The van der Waals surface area contributed by atoms with Crippen LogP contribution in [0.4, 0.5) is 18.9 Å². The zero-order valence-electron chi connectivity index (χ0n) is 11.4. The number of hydrogen-bond acceptors (Lipinski definition) is 3. The molecule has 6 heteroatoms. The number of methoxy groups -OCH3 is 1. The van der Waals surface area contributed by atoms with Crippen molar-refractivity contribution in [3.8, 4) is 0 Å². The molecule has 1 saturated carbocycles. The van der Waals surface area contributed by atoms with E-state index in [4.69, 9.17) is 9.47 Å². The first kappa shape index (κ1) is 15.1. The van der Waals surface area contributed by atoms with Gasteiger partial charge in [-0.15, -0.1) is 0 Å². The highest BCUT2D eigenvalue weighted by molar-refractivity contribution is 5.47. The van der Waals surface area contributed by atoms with Crippen LogP contribution in [0.15, 0.2) is 24.3 Å². The Labute approximate surface area is 116 Å². The number of nitrogens with one attached hydrogen (secondary N) is 1. The van der Waals surface area contributed by atoms with Gasteiger partial charge in [0.15, 0.2) is 0 Å². The van der Waals surface area contributed by atoms with E-state index in [2.05, 4.69) is 5.32 Å². The number of hydrogen-bond donors (Lipinski definition) is 1. The van der Waals surface area contributed by atoms with Crippen LogP contribution in [0.1, 0.15) is 18.9 Å². The largest absolute Gasteiger partial charge is 0.416 e. The number of alkyl halides is 3. The first-order chi connectivity index (χ1) is 9.45. The Kier molecular flexibility index (Phi) is 4.55. The number of ether oxygens (including phenoxy) is 2. The summed E-state index contributed by atoms with van der Waals surface area (Å²) in [5, 5.41) is 3.17. The van der Waals surface area contributed by atoms with E-state index in [9.17, 15) is 13.2 Å². The fourth-order valence-electron chi connectivity index (χ4n) is 2.39. The molecule has 3 unspecified atom stereocenters. The third kappa shape index (κ3) is 3.24. The van der Waals surface area contributed by atoms with Gasteiger partial charge in [0.25, 0.3) is 0 Å². The van der Waals surface area contributed by atoms with E-state index in [0.717, 1.165) is 18.6 Å². The summed E-state index contributed by atoms with van der Waals surface area (Å²) in [6, 6.07) is 5.08. The number of rotatable bonds is 5. The maximum absolute atomic E-state index is 12.5. The molecule has 0 spiro atoms. The van der Waals surface area contributed by atoms with E-state index in [-0.39, 0.29) is 18.2 Å². The van der Waals surface area contributed by atoms with Crippen LogP contribution < -0.4 is 5.32 Å². The van der Waals surface area contributed by atoms with Crippen LogP contribution in [0.3, 0.4) is 0 Å². The molecule has 0 aliphatic heterocycles. The Morgan fingerprint density at radius 3 is 2.40 bits per heavy atom. The summed E-state index contributed by atoms with van der Waals surface area (Å²) in [5.41, 5.74) is 0.00661. The minimum atomic E-state index is -4.30. The Morgan fingerprint density at radius 2 is 1.90 bits per heavy atom. The highest BCUT2D eigenvalue weighted by atomic mass is 19.4. The molecule has 20 heavy (non-hydrogen) atoms. The normalized spacial score (nSPS) is 26.1. The fraction of sp³-hybridized carbons (Fsp3) is 0.571. The number of halogens is 3. The second-order valence-corrected chi connectivity index (χ2v) is 4.76. The van der Waals surface area contributed by atoms with Gasteiger partial charge in [-0.3, -0.25) is 0 Å². The molecule has 0 saturated heterocycles. The lowest BCUT2D eigenvalue weighted by Crippen LogP contribution is -2.56. The summed E-state index contributed by atoms with van der Waals surface area (Å²) in [6.07, 6.45) is -3.54. The number of anilines is 1. The van der Waals surface area contributed by atoms with Gasteiger partial charge in [0.1, 0.15) is 6.10 Å². The van der Waals surface area contributed by atoms with Crippen LogP contribution >= 0.6 is 0 Å². The second-order valence-electron chi connectivity index (χ2n) is 4.76. The fourth-order valence-corrected chi connectivity index (χ4v) is 2.39. The lowest BCUT2D eigenvalue weighted by atomic mass is 9.85. The van der Waals surface area contributed by atoms with Crippen LogP contribution in [-0.2, 0) is 15.7 Å². The van der Waals surface area contributed by atoms with Crippen LogP contribution in [-0.4, -0.2) is 32.0 Å². The Hall–Kier alpha value is -1.27. The maximum Gasteiger partial charge on any atom is 0.416 e. The molecule has 1 aliphatic rings. The first-order valence-electron chi connectivity index (χ1n) is 6.54. The van der Waals surface area contributed by atoms with E-state index in [1.807, 2.05) is 6.92 Å². The van der Waals surface area contributed by atoms with Crippen molar-refractivity contribution in [3.63, 3.8) is 0 Å². The molecule has 112 valence electrons. The minimum Gasteiger partial charge on any atom is -0.379 e. The monoisotopic (exact) mass is 289 g/mol. The van der Waals surface area contributed by atoms with Crippen molar-refractivity contribution in [2.45, 2.75) is 37.8 Å². The molecule has 0 bridgehead atoms. The van der Waals surface area contributed by atoms with Crippen molar-refractivity contribution in [1.29, 1.82) is 0 Å². The van der Waals surface area contributed by atoms with Crippen molar-refractivity contribution in [2.75, 3.05) is 19.0 Å². The maximum atomic E-state index is 12.5. The summed E-state index contributed by atoms with van der Waals surface area (Å²) in [7, 11) is 1.61. The highest BCUT2D eigenvalue weighted by Gasteiger charge is 2.42. The predicted molar refractivity (Wildman–Crippen MR) is 69.7 cm³/mol.